The summed E-state index contributed by atoms with van der Waals surface area (Å²) in [5.74, 6) is 0.593. The molecule has 0 fully saturated rings. The lowest BCUT2D eigenvalue weighted by Gasteiger charge is -2.19. The summed E-state index contributed by atoms with van der Waals surface area (Å²) in [7, 11) is 0. The van der Waals surface area contributed by atoms with Gasteiger partial charge in [-0.05, 0) is 24.3 Å². The van der Waals surface area contributed by atoms with E-state index in [0.717, 1.165) is 0 Å². The van der Waals surface area contributed by atoms with E-state index in [0.29, 0.717) is 30.4 Å². The van der Waals surface area contributed by atoms with Crippen molar-refractivity contribution in [1.29, 1.82) is 0 Å². The van der Waals surface area contributed by atoms with E-state index in [1.807, 2.05) is 0 Å². The van der Waals surface area contributed by atoms with Gasteiger partial charge in [-0.15, -0.1) is 0 Å². The Balaban J connectivity index is 1.81. The number of amides is 1. The minimum atomic E-state index is -0.482. The zero-order valence-electron chi connectivity index (χ0n) is 12.5. The number of carbonyl (C=O) groups excluding carboxylic acids is 2. The molecular formula is C17H15NO5. The number of para-hydroxylation sites is 1. The van der Waals surface area contributed by atoms with E-state index >= 15 is 0 Å². The minimum absolute atomic E-state index is 0.218. The van der Waals surface area contributed by atoms with Gasteiger partial charge in [0.15, 0.2) is 11.5 Å². The van der Waals surface area contributed by atoms with E-state index in [9.17, 15) is 9.59 Å². The fraction of sp³-hybridized carbons (Fsp3) is 0.176. The molecule has 2 aromatic carbocycles. The van der Waals surface area contributed by atoms with E-state index in [2.05, 4.69) is 5.32 Å². The Morgan fingerprint density at radius 2 is 1.78 bits per heavy atom. The highest BCUT2D eigenvalue weighted by atomic mass is 16.6. The van der Waals surface area contributed by atoms with Gasteiger partial charge in [0, 0.05) is 18.7 Å². The summed E-state index contributed by atoms with van der Waals surface area (Å²) in [6.07, 6.45) is 0. The maximum atomic E-state index is 12.4. The van der Waals surface area contributed by atoms with E-state index in [-0.39, 0.29) is 17.2 Å². The molecule has 118 valence electrons. The predicted octanol–water partition coefficient (Wildman–Crippen LogP) is 2.64. The summed E-state index contributed by atoms with van der Waals surface area (Å²) in [5, 5.41) is 2.76. The molecule has 0 aliphatic carbocycles. The van der Waals surface area contributed by atoms with Crippen LogP contribution in [0.3, 0.4) is 0 Å². The Labute approximate surface area is 133 Å². The number of hydrogen-bond donors (Lipinski definition) is 1. The molecule has 0 saturated carbocycles. The standard InChI is InChI=1S/C17H15NO5/c1-11(19)23-14-5-3-2-4-13(14)17(20)18-12-6-7-15-16(10-12)22-9-8-21-15/h2-7,10H,8-9H2,1H3,(H,18,20). The fourth-order valence-corrected chi connectivity index (χ4v) is 2.22. The summed E-state index contributed by atoms with van der Waals surface area (Å²) in [5.41, 5.74) is 0.842. The first-order chi connectivity index (χ1) is 11.1. The van der Waals surface area contributed by atoms with Crippen LogP contribution in [0.25, 0.3) is 0 Å². The van der Waals surface area contributed by atoms with Crippen LogP contribution in [-0.2, 0) is 4.79 Å². The lowest BCUT2D eigenvalue weighted by molar-refractivity contribution is -0.131. The van der Waals surface area contributed by atoms with Gasteiger partial charge in [-0.3, -0.25) is 9.59 Å². The second-order valence-corrected chi connectivity index (χ2v) is 4.90. The molecule has 0 aromatic heterocycles. The lowest BCUT2D eigenvalue weighted by Crippen LogP contribution is -2.17. The molecule has 6 nitrogen and oxygen atoms in total. The van der Waals surface area contributed by atoms with E-state index in [1.165, 1.54) is 6.92 Å². The minimum Gasteiger partial charge on any atom is -0.486 e. The van der Waals surface area contributed by atoms with Gasteiger partial charge in [0.25, 0.3) is 5.91 Å². The molecule has 3 rings (SSSR count). The highest BCUT2D eigenvalue weighted by Crippen LogP contribution is 2.33. The highest BCUT2D eigenvalue weighted by molar-refractivity contribution is 6.06. The first-order valence-corrected chi connectivity index (χ1v) is 7.12. The monoisotopic (exact) mass is 313 g/mol. The van der Waals surface area contributed by atoms with Crippen molar-refractivity contribution in [1.82, 2.24) is 0 Å². The molecule has 2 aromatic rings. The molecule has 6 heteroatoms. The van der Waals surface area contributed by atoms with Gasteiger partial charge >= 0.3 is 5.97 Å². The van der Waals surface area contributed by atoms with Gasteiger partial charge < -0.3 is 19.5 Å². The maximum absolute atomic E-state index is 12.4. The van der Waals surface area contributed by atoms with Crippen LogP contribution < -0.4 is 19.5 Å². The molecule has 1 N–H and O–H groups in total. The average Bonchev–Trinajstić information content (AvgIpc) is 2.54. The number of hydrogen-bond acceptors (Lipinski definition) is 5. The molecule has 1 amide bonds. The molecule has 1 aliphatic rings. The van der Waals surface area contributed by atoms with Crippen molar-refractivity contribution in [3.63, 3.8) is 0 Å². The first kappa shape index (κ1) is 14.9. The number of esters is 1. The summed E-state index contributed by atoms with van der Waals surface area (Å²) < 4.78 is 16.0. The normalized spacial score (nSPS) is 12.4. The second kappa shape index (κ2) is 6.39. The summed E-state index contributed by atoms with van der Waals surface area (Å²) in [6.45, 7) is 2.27. The van der Waals surface area contributed by atoms with Crippen LogP contribution in [0.15, 0.2) is 42.5 Å². The first-order valence-electron chi connectivity index (χ1n) is 7.12. The average molecular weight is 313 g/mol. The number of rotatable bonds is 3. The topological polar surface area (TPSA) is 73.9 Å². The zero-order chi connectivity index (χ0) is 16.2. The molecule has 23 heavy (non-hydrogen) atoms. The smallest absolute Gasteiger partial charge is 0.308 e. The van der Waals surface area contributed by atoms with E-state index < -0.39 is 5.97 Å². The second-order valence-electron chi connectivity index (χ2n) is 4.90. The van der Waals surface area contributed by atoms with Crippen LogP contribution in [0.5, 0.6) is 17.2 Å². The van der Waals surface area contributed by atoms with Crippen LogP contribution in [0.1, 0.15) is 17.3 Å². The van der Waals surface area contributed by atoms with Crippen molar-refractivity contribution in [3.05, 3.63) is 48.0 Å². The number of anilines is 1. The third kappa shape index (κ3) is 3.42. The maximum Gasteiger partial charge on any atom is 0.308 e. The van der Waals surface area contributed by atoms with Crippen LogP contribution in [0.4, 0.5) is 5.69 Å². The molecule has 0 unspecified atom stereocenters. The molecule has 0 bridgehead atoms. The Morgan fingerprint density at radius 1 is 1.04 bits per heavy atom. The molecule has 1 aliphatic heterocycles. The SMILES string of the molecule is CC(=O)Oc1ccccc1C(=O)Nc1ccc2c(c1)OCCO2. The summed E-state index contributed by atoms with van der Waals surface area (Å²) >= 11 is 0. The van der Waals surface area contributed by atoms with E-state index in [4.69, 9.17) is 14.2 Å². The molecule has 0 spiro atoms. The van der Waals surface area contributed by atoms with Gasteiger partial charge in [-0.25, -0.2) is 0 Å². The largest absolute Gasteiger partial charge is 0.486 e. The van der Waals surface area contributed by atoms with Crippen LogP contribution in [0.2, 0.25) is 0 Å². The Hall–Kier alpha value is -3.02. The Morgan fingerprint density at radius 3 is 2.57 bits per heavy atom. The summed E-state index contributed by atoms with van der Waals surface area (Å²) in [4.78, 5) is 23.5. The van der Waals surface area contributed by atoms with Crippen molar-refractivity contribution in [2.75, 3.05) is 18.5 Å². The zero-order valence-corrected chi connectivity index (χ0v) is 12.5. The van der Waals surface area contributed by atoms with Gasteiger partial charge in [-0.2, -0.15) is 0 Å². The van der Waals surface area contributed by atoms with Crippen LogP contribution in [-0.4, -0.2) is 25.1 Å². The number of fused-ring (bicyclic) bond motifs is 1. The van der Waals surface area contributed by atoms with Crippen molar-refractivity contribution in [2.45, 2.75) is 6.92 Å². The van der Waals surface area contributed by atoms with Crippen molar-refractivity contribution < 1.29 is 23.8 Å². The number of carbonyl (C=O) groups is 2. The van der Waals surface area contributed by atoms with Crippen molar-refractivity contribution in [2.24, 2.45) is 0 Å². The van der Waals surface area contributed by atoms with Crippen molar-refractivity contribution in [3.8, 4) is 17.2 Å². The van der Waals surface area contributed by atoms with Gasteiger partial charge in [0.1, 0.15) is 19.0 Å². The summed E-state index contributed by atoms with van der Waals surface area (Å²) in [6, 6.07) is 11.7. The predicted molar refractivity (Wildman–Crippen MR) is 83.1 cm³/mol. The van der Waals surface area contributed by atoms with Gasteiger partial charge in [0.2, 0.25) is 0 Å². The van der Waals surface area contributed by atoms with Gasteiger partial charge in [-0.1, -0.05) is 12.1 Å². The number of ether oxygens (including phenoxy) is 3. The molecule has 0 saturated heterocycles. The van der Waals surface area contributed by atoms with Crippen LogP contribution >= 0.6 is 0 Å². The van der Waals surface area contributed by atoms with Gasteiger partial charge in [0.05, 0.1) is 5.56 Å². The molecule has 0 radical (unpaired) electrons. The third-order valence-corrected chi connectivity index (χ3v) is 3.19. The van der Waals surface area contributed by atoms with Crippen molar-refractivity contribution >= 4 is 17.6 Å². The highest BCUT2D eigenvalue weighted by Gasteiger charge is 2.16. The number of nitrogens with one attached hydrogen (secondary N) is 1. The molecule has 0 atom stereocenters. The fourth-order valence-electron chi connectivity index (χ4n) is 2.22. The lowest BCUT2D eigenvalue weighted by atomic mass is 10.1. The van der Waals surface area contributed by atoms with E-state index in [1.54, 1.807) is 42.5 Å². The Kier molecular flexibility index (Phi) is 4.14. The molecule has 1 heterocycles. The number of benzene rings is 2. The van der Waals surface area contributed by atoms with Crippen LogP contribution in [0, 0.1) is 0 Å². The molecular weight excluding hydrogens is 298 g/mol. The Bertz CT molecular complexity index is 756. The quantitative estimate of drug-likeness (QED) is 0.696. The third-order valence-electron chi connectivity index (χ3n) is 3.19.